The lowest BCUT2D eigenvalue weighted by Gasteiger charge is -2.15. The molecule has 8 heteroatoms. The molecule has 0 saturated carbocycles. The first-order chi connectivity index (χ1) is 12.4. The van der Waals surface area contributed by atoms with Gasteiger partial charge < -0.3 is 0 Å². The van der Waals surface area contributed by atoms with Crippen LogP contribution in [-0.2, 0) is 10.0 Å². The maximum atomic E-state index is 13.0. The van der Waals surface area contributed by atoms with Crippen molar-refractivity contribution >= 4 is 27.6 Å². The number of aromatic nitrogens is 1. The molecule has 2 heterocycles. The third-order valence-electron chi connectivity index (χ3n) is 4.21. The number of rotatable bonds is 6. The summed E-state index contributed by atoms with van der Waals surface area (Å²) in [5.74, 6) is -0.524. The number of carbonyl (C=O) groups is 1. The van der Waals surface area contributed by atoms with Gasteiger partial charge in [-0.3, -0.25) is 4.79 Å². The molecule has 0 amide bonds. The number of carbonyl (C=O) groups excluding carboxylic acids is 1. The van der Waals surface area contributed by atoms with E-state index in [-0.39, 0.29) is 10.7 Å². The molecule has 1 unspecified atom stereocenters. The Balaban J connectivity index is 1.69. The standard InChI is InChI=1S/C18H19FN2O3S2/c1-13(18(22)14-4-6-15(19)7-5-14)25-17-9-8-16(12-20-17)26(23,24)21-10-2-3-11-21/h4-9,12-13H,2-3,10-11H2,1H3. The zero-order valence-electron chi connectivity index (χ0n) is 14.3. The van der Waals surface area contributed by atoms with Crippen molar-refractivity contribution in [1.29, 1.82) is 0 Å². The number of ketones is 1. The molecule has 26 heavy (non-hydrogen) atoms. The third kappa shape index (κ3) is 4.13. The highest BCUT2D eigenvalue weighted by molar-refractivity contribution is 8.00. The van der Waals surface area contributed by atoms with Gasteiger partial charge in [-0.05, 0) is 56.2 Å². The monoisotopic (exact) mass is 394 g/mol. The van der Waals surface area contributed by atoms with Crippen LogP contribution >= 0.6 is 11.8 Å². The number of nitrogens with zero attached hydrogens (tertiary/aromatic N) is 2. The van der Waals surface area contributed by atoms with Gasteiger partial charge in [-0.25, -0.2) is 17.8 Å². The van der Waals surface area contributed by atoms with Crippen LogP contribution in [0.4, 0.5) is 4.39 Å². The first kappa shape index (κ1) is 19.0. The number of Topliss-reactive ketones (excluding diaryl/α,β-unsaturated/α-hetero) is 1. The fourth-order valence-electron chi connectivity index (χ4n) is 2.75. The molecule has 0 bridgehead atoms. The van der Waals surface area contributed by atoms with E-state index in [0.717, 1.165) is 12.8 Å². The van der Waals surface area contributed by atoms with Crippen LogP contribution < -0.4 is 0 Å². The second-order valence-corrected chi connectivity index (χ2v) is 9.37. The minimum Gasteiger partial charge on any atom is -0.293 e. The average molecular weight is 394 g/mol. The molecule has 3 rings (SSSR count). The van der Waals surface area contributed by atoms with Crippen molar-refractivity contribution in [2.45, 2.75) is 34.9 Å². The first-order valence-corrected chi connectivity index (χ1v) is 10.6. The Labute approximate surface area is 156 Å². The van der Waals surface area contributed by atoms with Gasteiger partial charge in [0.1, 0.15) is 10.7 Å². The topological polar surface area (TPSA) is 67.3 Å². The van der Waals surface area contributed by atoms with Crippen molar-refractivity contribution in [3.63, 3.8) is 0 Å². The fraction of sp³-hybridized carbons (Fsp3) is 0.333. The van der Waals surface area contributed by atoms with E-state index in [1.54, 1.807) is 13.0 Å². The predicted octanol–water partition coefficient (Wildman–Crippen LogP) is 3.37. The highest BCUT2D eigenvalue weighted by atomic mass is 32.2. The van der Waals surface area contributed by atoms with Gasteiger partial charge in [0.15, 0.2) is 5.78 Å². The summed E-state index contributed by atoms with van der Waals surface area (Å²) in [5, 5.41) is 0.141. The van der Waals surface area contributed by atoms with Gasteiger partial charge in [0.05, 0.1) is 10.3 Å². The first-order valence-electron chi connectivity index (χ1n) is 8.30. The van der Waals surface area contributed by atoms with Gasteiger partial charge in [-0.2, -0.15) is 4.31 Å². The van der Waals surface area contributed by atoms with E-state index in [2.05, 4.69) is 4.98 Å². The van der Waals surface area contributed by atoms with Crippen LogP contribution in [0.25, 0.3) is 0 Å². The van der Waals surface area contributed by atoms with Gasteiger partial charge >= 0.3 is 0 Å². The summed E-state index contributed by atoms with van der Waals surface area (Å²) >= 11 is 1.24. The quantitative estimate of drug-likeness (QED) is 0.555. The number of sulfonamides is 1. The van der Waals surface area contributed by atoms with Crippen molar-refractivity contribution in [3.05, 3.63) is 54.0 Å². The number of pyridine rings is 1. The molecule has 1 aliphatic rings. The zero-order chi connectivity index (χ0) is 18.7. The maximum absolute atomic E-state index is 13.0. The molecule has 1 saturated heterocycles. The Morgan fingerprint density at radius 2 is 1.81 bits per heavy atom. The van der Waals surface area contributed by atoms with Crippen LogP contribution in [0.5, 0.6) is 0 Å². The normalized spacial score (nSPS) is 16.5. The van der Waals surface area contributed by atoms with Crippen LogP contribution in [0, 0.1) is 5.82 Å². The van der Waals surface area contributed by atoms with Crippen molar-refractivity contribution in [1.82, 2.24) is 9.29 Å². The highest BCUT2D eigenvalue weighted by Gasteiger charge is 2.27. The number of hydrogen-bond donors (Lipinski definition) is 0. The van der Waals surface area contributed by atoms with E-state index in [0.29, 0.717) is 23.7 Å². The minimum atomic E-state index is -3.49. The van der Waals surface area contributed by atoms with Crippen LogP contribution in [0.2, 0.25) is 0 Å². The van der Waals surface area contributed by atoms with Crippen LogP contribution in [-0.4, -0.2) is 41.8 Å². The largest absolute Gasteiger partial charge is 0.293 e. The summed E-state index contributed by atoms with van der Waals surface area (Å²) in [5.41, 5.74) is 0.430. The maximum Gasteiger partial charge on any atom is 0.244 e. The highest BCUT2D eigenvalue weighted by Crippen LogP contribution is 2.26. The molecule has 0 N–H and O–H groups in total. The number of halogens is 1. The SMILES string of the molecule is CC(Sc1ccc(S(=O)(=O)N2CCCC2)cn1)C(=O)c1ccc(F)cc1. The molecule has 0 aliphatic carbocycles. The molecule has 1 fully saturated rings. The van der Waals surface area contributed by atoms with Crippen LogP contribution in [0.3, 0.4) is 0 Å². The van der Waals surface area contributed by atoms with Crippen molar-refractivity contribution in [2.75, 3.05) is 13.1 Å². The van der Waals surface area contributed by atoms with Gasteiger partial charge in [-0.1, -0.05) is 11.8 Å². The summed E-state index contributed by atoms with van der Waals surface area (Å²) in [6, 6.07) is 8.55. The Morgan fingerprint density at radius 3 is 2.38 bits per heavy atom. The zero-order valence-corrected chi connectivity index (χ0v) is 15.9. The Kier molecular flexibility index (Phi) is 5.74. The summed E-state index contributed by atoms with van der Waals surface area (Å²) < 4.78 is 39.4. The second-order valence-electron chi connectivity index (χ2n) is 6.07. The minimum absolute atomic E-state index is 0.134. The lowest BCUT2D eigenvalue weighted by atomic mass is 10.1. The second kappa shape index (κ2) is 7.85. The smallest absolute Gasteiger partial charge is 0.244 e. The molecular formula is C18H19FN2O3S2. The van der Waals surface area contributed by atoms with Gasteiger partial charge in [-0.15, -0.1) is 0 Å². The van der Waals surface area contributed by atoms with Gasteiger partial charge in [0.2, 0.25) is 10.0 Å². The molecule has 0 radical (unpaired) electrons. The van der Waals surface area contributed by atoms with Crippen molar-refractivity contribution in [3.8, 4) is 0 Å². The van der Waals surface area contributed by atoms with Crippen LogP contribution in [0.1, 0.15) is 30.1 Å². The fourth-order valence-corrected chi connectivity index (χ4v) is 5.08. The predicted molar refractivity (Wildman–Crippen MR) is 98.3 cm³/mol. The number of thioether (sulfide) groups is 1. The van der Waals surface area contributed by atoms with Gasteiger partial charge in [0.25, 0.3) is 0 Å². The molecule has 1 aliphatic heterocycles. The lowest BCUT2D eigenvalue weighted by molar-refractivity contribution is 0.0994. The molecule has 5 nitrogen and oxygen atoms in total. The van der Waals surface area contributed by atoms with E-state index in [4.69, 9.17) is 0 Å². The summed E-state index contributed by atoms with van der Waals surface area (Å²) in [6.07, 6.45) is 3.10. The summed E-state index contributed by atoms with van der Waals surface area (Å²) in [4.78, 5) is 16.7. The van der Waals surface area contributed by atoms with E-state index in [9.17, 15) is 17.6 Å². The number of benzene rings is 1. The molecule has 1 aromatic heterocycles. The molecular weight excluding hydrogens is 375 g/mol. The van der Waals surface area contributed by atoms with Gasteiger partial charge in [0, 0.05) is 24.8 Å². The van der Waals surface area contributed by atoms with E-state index >= 15 is 0 Å². The Hall–Kier alpha value is -1.77. The third-order valence-corrected chi connectivity index (χ3v) is 7.14. The molecule has 2 aromatic rings. The Bertz CT molecular complexity index is 878. The van der Waals surface area contributed by atoms with Crippen molar-refractivity contribution < 1.29 is 17.6 Å². The van der Waals surface area contributed by atoms with E-state index < -0.39 is 21.1 Å². The number of hydrogen-bond acceptors (Lipinski definition) is 5. The summed E-state index contributed by atoms with van der Waals surface area (Å²) in [6.45, 7) is 2.83. The van der Waals surface area contributed by atoms with Crippen LogP contribution in [0.15, 0.2) is 52.5 Å². The average Bonchev–Trinajstić information content (AvgIpc) is 3.18. The molecule has 0 spiro atoms. The summed E-state index contributed by atoms with van der Waals surface area (Å²) in [7, 11) is -3.49. The Morgan fingerprint density at radius 1 is 1.15 bits per heavy atom. The van der Waals surface area contributed by atoms with E-state index in [1.165, 1.54) is 52.6 Å². The van der Waals surface area contributed by atoms with E-state index in [1.807, 2.05) is 0 Å². The molecule has 1 aromatic carbocycles. The van der Waals surface area contributed by atoms with Crippen molar-refractivity contribution in [2.24, 2.45) is 0 Å². The molecule has 1 atom stereocenters. The lowest BCUT2D eigenvalue weighted by Crippen LogP contribution is -2.27. The molecule has 138 valence electrons.